The number of carbonyl (C=O) groups is 2. The summed E-state index contributed by atoms with van der Waals surface area (Å²) >= 11 is 0. The monoisotopic (exact) mass is 170 g/mol. The molecule has 2 unspecified atom stereocenters. The Kier molecular flexibility index (Phi) is 2.62. The quantitative estimate of drug-likeness (QED) is 0.625. The predicted molar refractivity (Wildman–Crippen MR) is 43.6 cm³/mol. The Morgan fingerprint density at radius 1 is 1.25 bits per heavy atom. The Hall–Kier alpha value is -0.700. The molecule has 12 heavy (non-hydrogen) atoms. The zero-order valence-corrected chi connectivity index (χ0v) is 7.41. The highest BCUT2D eigenvalue weighted by Crippen LogP contribution is 2.25. The topological polar surface area (TPSA) is 54.4 Å². The minimum atomic E-state index is -1.05. The molecule has 1 fully saturated rings. The smallest absolute Gasteiger partial charge is 0.162 e. The zero-order valence-electron chi connectivity index (χ0n) is 7.41. The maximum Gasteiger partial charge on any atom is 0.162 e. The molecule has 0 bridgehead atoms. The van der Waals surface area contributed by atoms with Crippen molar-refractivity contribution < 1.29 is 14.7 Å². The van der Waals surface area contributed by atoms with Crippen molar-refractivity contribution in [3.63, 3.8) is 0 Å². The molecule has 1 N–H and O–H groups in total. The lowest BCUT2D eigenvalue weighted by Crippen LogP contribution is -2.42. The van der Waals surface area contributed by atoms with E-state index < -0.39 is 12.0 Å². The highest BCUT2D eigenvalue weighted by molar-refractivity contribution is 5.97. The molecule has 3 heteroatoms. The van der Waals surface area contributed by atoms with Gasteiger partial charge in [0, 0.05) is 12.8 Å². The molecule has 1 saturated carbocycles. The molecule has 2 atom stereocenters. The third-order valence-corrected chi connectivity index (χ3v) is 2.38. The zero-order chi connectivity index (χ0) is 9.30. The Morgan fingerprint density at radius 2 is 1.75 bits per heavy atom. The average Bonchev–Trinajstić information content (AvgIpc) is 1.97. The van der Waals surface area contributed by atoms with Crippen LogP contribution in [0.4, 0.5) is 0 Å². The van der Waals surface area contributed by atoms with Gasteiger partial charge in [0.2, 0.25) is 0 Å². The summed E-state index contributed by atoms with van der Waals surface area (Å²) in [5.41, 5.74) is 0. The van der Waals surface area contributed by atoms with Crippen LogP contribution in [0.15, 0.2) is 0 Å². The second kappa shape index (κ2) is 3.35. The molecule has 0 aromatic carbocycles. The lowest BCUT2D eigenvalue weighted by molar-refractivity contribution is -0.144. The van der Waals surface area contributed by atoms with Crippen molar-refractivity contribution in [2.75, 3.05) is 0 Å². The standard InChI is InChI=1S/C9H14O3/c1-5(2)8-6(10)3-4-7(11)9(8)12/h5,8-9,12H,3-4H2,1-2H3. The van der Waals surface area contributed by atoms with Gasteiger partial charge in [-0.1, -0.05) is 13.8 Å². The molecule has 3 nitrogen and oxygen atoms in total. The molecule has 1 aliphatic carbocycles. The Bertz CT molecular complexity index is 208. The van der Waals surface area contributed by atoms with E-state index in [1.54, 1.807) is 0 Å². The number of carbonyl (C=O) groups excluding carboxylic acids is 2. The number of ketones is 2. The molecule has 0 amide bonds. The van der Waals surface area contributed by atoms with Crippen molar-refractivity contribution in [1.29, 1.82) is 0 Å². The minimum Gasteiger partial charge on any atom is -0.385 e. The van der Waals surface area contributed by atoms with E-state index >= 15 is 0 Å². The summed E-state index contributed by atoms with van der Waals surface area (Å²) < 4.78 is 0. The lowest BCUT2D eigenvalue weighted by Gasteiger charge is -2.27. The Labute approximate surface area is 71.8 Å². The second-order valence-electron chi connectivity index (χ2n) is 3.65. The molecule has 0 spiro atoms. The van der Waals surface area contributed by atoms with Crippen molar-refractivity contribution in [3.05, 3.63) is 0 Å². The van der Waals surface area contributed by atoms with Crippen LogP contribution >= 0.6 is 0 Å². The number of hydrogen-bond acceptors (Lipinski definition) is 3. The number of hydrogen-bond donors (Lipinski definition) is 1. The molecule has 1 rings (SSSR count). The summed E-state index contributed by atoms with van der Waals surface area (Å²) in [5, 5.41) is 9.41. The first kappa shape index (κ1) is 9.39. The molecule has 0 aromatic heterocycles. The molecule has 0 heterocycles. The first-order valence-corrected chi connectivity index (χ1v) is 4.27. The van der Waals surface area contributed by atoms with Crippen molar-refractivity contribution in [3.8, 4) is 0 Å². The van der Waals surface area contributed by atoms with Gasteiger partial charge in [-0.15, -0.1) is 0 Å². The Morgan fingerprint density at radius 3 is 2.17 bits per heavy atom. The van der Waals surface area contributed by atoms with Gasteiger partial charge >= 0.3 is 0 Å². The highest BCUT2D eigenvalue weighted by atomic mass is 16.3. The fraction of sp³-hybridized carbons (Fsp3) is 0.778. The van der Waals surface area contributed by atoms with E-state index in [0.29, 0.717) is 6.42 Å². The SMILES string of the molecule is CC(C)C1C(=O)CCC(=O)C1O. The summed E-state index contributed by atoms with van der Waals surface area (Å²) in [5.74, 6) is -0.576. The van der Waals surface area contributed by atoms with Gasteiger partial charge in [-0.05, 0) is 5.92 Å². The van der Waals surface area contributed by atoms with E-state index in [1.165, 1.54) is 0 Å². The number of Topliss-reactive ketones (excluding diaryl/α,β-unsaturated/α-hetero) is 2. The molecular formula is C9H14O3. The van der Waals surface area contributed by atoms with Gasteiger partial charge in [0.15, 0.2) is 5.78 Å². The van der Waals surface area contributed by atoms with Crippen LogP contribution in [0.25, 0.3) is 0 Å². The summed E-state index contributed by atoms with van der Waals surface area (Å²) in [4.78, 5) is 22.3. The van der Waals surface area contributed by atoms with Crippen molar-refractivity contribution in [2.24, 2.45) is 11.8 Å². The third-order valence-electron chi connectivity index (χ3n) is 2.38. The normalized spacial score (nSPS) is 31.3. The number of aliphatic hydroxyl groups excluding tert-OH is 1. The molecule has 1 aliphatic rings. The van der Waals surface area contributed by atoms with Gasteiger partial charge in [0.1, 0.15) is 11.9 Å². The summed E-state index contributed by atoms with van der Waals surface area (Å²) in [6.07, 6.45) is -0.534. The largest absolute Gasteiger partial charge is 0.385 e. The summed E-state index contributed by atoms with van der Waals surface area (Å²) in [6, 6.07) is 0. The van der Waals surface area contributed by atoms with Crippen molar-refractivity contribution in [1.82, 2.24) is 0 Å². The van der Waals surface area contributed by atoms with Crippen molar-refractivity contribution in [2.45, 2.75) is 32.8 Å². The van der Waals surface area contributed by atoms with Gasteiger partial charge in [-0.25, -0.2) is 0 Å². The number of rotatable bonds is 1. The van der Waals surface area contributed by atoms with Gasteiger partial charge in [-0.2, -0.15) is 0 Å². The maximum absolute atomic E-state index is 11.3. The average molecular weight is 170 g/mol. The molecule has 0 saturated heterocycles. The van der Waals surface area contributed by atoms with Crippen molar-refractivity contribution >= 4 is 11.6 Å². The molecule has 68 valence electrons. The van der Waals surface area contributed by atoms with Crippen LogP contribution in [0, 0.1) is 11.8 Å². The predicted octanol–water partition coefficient (Wildman–Crippen LogP) is 0.551. The maximum atomic E-state index is 11.3. The van der Waals surface area contributed by atoms with Gasteiger partial charge in [0.05, 0.1) is 5.92 Å². The molecular weight excluding hydrogens is 156 g/mol. The van der Waals surface area contributed by atoms with Crippen LogP contribution in [0.1, 0.15) is 26.7 Å². The number of aliphatic hydroxyl groups is 1. The van der Waals surface area contributed by atoms with Gasteiger partial charge in [-0.3, -0.25) is 9.59 Å². The van der Waals surface area contributed by atoms with Gasteiger partial charge in [0.25, 0.3) is 0 Å². The van der Waals surface area contributed by atoms with E-state index in [4.69, 9.17) is 0 Å². The van der Waals surface area contributed by atoms with Crippen LogP contribution < -0.4 is 0 Å². The van der Waals surface area contributed by atoms with E-state index in [9.17, 15) is 14.7 Å². The lowest BCUT2D eigenvalue weighted by atomic mass is 9.78. The van der Waals surface area contributed by atoms with E-state index in [2.05, 4.69) is 0 Å². The van der Waals surface area contributed by atoms with Crippen LogP contribution in [0.3, 0.4) is 0 Å². The van der Waals surface area contributed by atoms with E-state index in [0.717, 1.165) is 0 Å². The van der Waals surface area contributed by atoms with Crippen LogP contribution in [-0.4, -0.2) is 22.8 Å². The summed E-state index contributed by atoms with van der Waals surface area (Å²) in [6.45, 7) is 3.70. The fourth-order valence-corrected chi connectivity index (χ4v) is 1.67. The second-order valence-corrected chi connectivity index (χ2v) is 3.65. The molecule has 0 radical (unpaired) electrons. The van der Waals surface area contributed by atoms with E-state index in [1.807, 2.05) is 13.8 Å². The van der Waals surface area contributed by atoms with Crippen LogP contribution in [0.2, 0.25) is 0 Å². The molecule has 0 aliphatic heterocycles. The Balaban J connectivity index is 2.78. The van der Waals surface area contributed by atoms with E-state index in [-0.39, 0.29) is 23.9 Å². The summed E-state index contributed by atoms with van der Waals surface area (Å²) in [7, 11) is 0. The highest BCUT2D eigenvalue weighted by Gasteiger charge is 2.37. The fourth-order valence-electron chi connectivity index (χ4n) is 1.67. The first-order valence-electron chi connectivity index (χ1n) is 4.27. The van der Waals surface area contributed by atoms with Gasteiger partial charge < -0.3 is 5.11 Å². The molecule has 0 aromatic rings. The minimum absolute atomic E-state index is 0.0251. The van der Waals surface area contributed by atoms with Crippen LogP contribution in [0.5, 0.6) is 0 Å². The first-order chi connectivity index (χ1) is 5.54. The third kappa shape index (κ3) is 1.55. The van der Waals surface area contributed by atoms with Crippen LogP contribution in [-0.2, 0) is 9.59 Å².